The summed E-state index contributed by atoms with van der Waals surface area (Å²) < 4.78 is 13.0. The topological polar surface area (TPSA) is 38.7 Å². The predicted molar refractivity (Wildman–Crippen MR) is 120 cm³/mol. The molecular formula is C24H44O3Si. The molecule has 0 saturated heterocycles. The molecule has 0 amide bonds. The molecule has 1 atom stereocenters. The average Bonchev–Trinajstić information content (AvgIpc) is 2.89. The van der Waals surface area contributed by atoms with Gasteiger partial charge in [-0.1, -0.05) is 64.7 Å². The highest BCUT2D eigenvalue weighted by Crippen LogP contribution is 2.40. The number of aliphatic hydroxyl groups excluding tert-OH is 1. The van der Waals surface area contributed by atoms with E-state index in [9.17, 15) is 5.11 Å². The first kappa shape index (κ1) is 23.9. The lowest BCUT2D eigenvalue weighted by Crippen LogP contribution is -2.46. The van der Waals surface area contributed by atoms with Gasteiger partial charge >= 0.3 is 0 Å². The molecule has 0 aromatic rings. The molecule has 28 heavy (non-hydrogen) atoms. The van der Waals surface area contributed by atoms with Crippen LogP contribution >= 0.6 is 0 Å². The van der Waals surface area contributed by atoms with Crippen molar-refractivity contribution in [3.05, 3.63) is 0 Å². The van der Waals surface area contributed by atoms with Crippen molar-refractivity contribution in [3.8, 4) is 11.8 Å². The van der Waals surface area contributed by atoms with Crippen molar-refractivity contribution < 1.29 is 14.3 Å². The minimum absolute atomic E-state index is 0.0269. The van der Waals surface area contributed by atoms with Gasteiger partial charge in [0.1, 0.15) is 11.7 Å². The third-order valence-corrected chi connectivity index (χ3v) is 11.6. The van der Waals surface area contributed by atoms with Gasteiger partial charge in [0.25, 0.3) is 0 Å². The van der Waals surface area contributed by atoms with Crippen LogP contribution in [-0.2, 0) is 9.16 Å². The molecule has 3 nitrogen and oxygen atoms in total. The second-order valence-electron chi connectivity index (χ2n) is 10.4. The Morgan fingerprint density at radius 1 is 1.00 bits per heavy atom. The van der Waals surface area contributed by atoms with E-state index in [1.54, 1.807) is 0 Å². The maximum Gasteiger partial charge on any atom is 0.193 e. The van der Waals surface area contributed by atoms with E-state index in [1.807, 2.05) is 0 Å². The van der Waals surface area contributed by atoms with Gasteiger partial charge < -0.3 is 14.3 Å². The lowest BCUT2D eigenvalue weighted by atomic mass is 9.85. The largest absolute Gasteiger partial charge is 0.403 e. The molecule has 0 spiro atoms. The fourth-order valence-electron chi connectivity index (χ4n) is 4.22. The van der Waals surface area contributed by atoms with E-state index >= 15 is 0 Å². The summed E-state index contributed by atoms with van der Waals surface area (Å²) in [5, 5.41) is 9.50. The van der Waals surface area contributed by atoms with Crippen LogP contribution in [-0.4, -0.2) is 38.3 Å². The molecule has 2 aliphatic carbocycles. The quantitative estimate of drug-likeness (QED) is 0.330. The molecule has 4 heteroatoms. The van der Waals surface area contributed by atoms with Crippen LogP contribution < -0.4 is 0 Å². The van der Waals surface area contributed by atoms with Crippen LogP contribution in [0.4, 0.5) is 0 Å². The second-order valence-corrected chi connectivity index (χ2v) is 15.2. The van der Waals surface area contributed by atoms with Crippen LogP contribution in [0.2, 0.25) is 18.1 Å². The maximum atomic E-state index is 9.31. The third-order valence-electron chi connectivity index (χ3n) is 7.13. The van der Waals surface area contributed by atoms with Gasteiger partial charge in [-0.15, -0.1) is 0 Å². The lowest BCUT2D eigenvalue weighted by Gasteiger charge is -2.41. The lowest BCUT2D eigenvalue weighted by molar-refractivity contribution is -0.0275. The highest BCUT2D eigenvalue weighted by atomic mass is 28.4. The van der Waals surface area contributed by atoms with Gasteiger partial charge in [0.2, 0.25) is 0 Å². The summed E-state index contributed by atoms with van der Waals surface area (Å²) in [5.74, 6) is 7.77. The molecule has 0 aromatic heterocycles. The van der Waals surface area contributed by atoms with Gasteiger partial charge in [-0.05, 0) is 62.6 Å². The first-order valence-electron chi connectivity index (χ1n) is 11.6. The zero-order valence-electron chi connectivity index (χ0n) is 19.1. The van der Waals surface area contributed by atoms with Crippen molar-refractivity contribution in [2.24, 2.45) is 5.92 Å². The Bertz CT molecular complexity index is 512. The van der Waals surface area contributed by atoms with E-state index in [2.05, 4.69) is 45.7 Å². The van der Waals surface area contributed by atoms with Crippen molar-refractivity contribution in [2.45, 2.75) is 121 Å². The van der Waals surface area contributed by atoms with Crippen LogP contribution in [0, 0.1) is 17.8 Å². The zero-order chi connectivity index (χ0) is 20.7. The molecular weight excluding hydrogens is 364 g/mol. The van der Waals surface area contributed by atoms with Crippen LogP contribution in [0.5, 0.6) is 0 Å². The fourth-order valence-corrected chi connectivity index (χ4v) is 5.46. The standard InChI is InChI=1S/C24H44O3Si/c1-23(2,3)28(4,5)27-22(21-13-9-8-10-14-21)15-18-24(26-20-19-25)16-11-6-7-12-17-24/h21-22,25H,6-14,16-17,19-20H2,1-5H3. The predicted octanol–water partition coefficient (Wildman–Crippen LogP) is 6.06. The molecule has 2 rings (SSSR count). The van der Waals surface area contributed by atoms with Crippen molar-refractivity contribution in [2.75, 3.05) is 13.2 Å². The summed E-state index contributed by atoms with van der Waals surface area (Å²) >= 11 is 0. The van der Waals surface area contributed by atoms with Crippen LogP contribution in [0.1, 0.15) is 91.4 Å². The number of aliphatic hydroxyl groups is 1. The van der Waals surface area contributed by atoms with Crippen molar-refractivity contribution in [3.63, 3.8) is 0 Å². The van der Waals surface area contributed by atoms with Crippen molar-refractivity contribution in [1.82, 2.24) is 0 Å². The Balaban J connectivity index is 2.26. The number of ether oxygens (including phenoxy) is 1. The van der Waals surface area contributed by atoms with Gasteiger partial charge in [0.15, 0.2) is 8.32 Å². The summed E-state index contributed by atoms with van der Waals surface area (Å²) in [4.78, 5) is 0. The molecule has 1 unspecified atom stereocenters. The first-order valence-corrected chi connectivity index (χ1v) is 14.6. The molecule has 2 aliphatic rings. The van der Waals surface area contributed by atoms with Gasteiger partial charge in [-0.3, -0.25) is 0 Å². The van der Waals surface area contributed by atoms with Gasteiger partial charge in [0.05, 0.1) is 13.2 Å². The Morgan fingerprint density at radius 2 is 1.57 bits per heavy atom. The minimum Gasteiger partial charge on any atom is -0.403 e. The molecule has 0 aromatic carbocycles. The third kappa shape index (κ3) is 6.87. The molecule has 2 saturated carbocycles. The monoisotopic (exact) mass is 408 g/mol. The minimum atomic E-state index is -1.88. The Hall–Kier alpha value is -0.343. The van der Waals surface area contributed by atoms with E-state index in [0.29, 0.717) is 12.5 Å². The first-order chi connectivity index (χ1) is 13.2. The van der Waals surface area contributed by atoms with Gasteiger partial charge in [0, 0.05) is 0 Å². The summed E-state index contributed by atoms with van der Waals surface area (Å²) in [6, 6.07) is 0. The summed E-state index contributed by atoms with van der Waals surface area (Å²) in [7, 11) is -1.88. The maximum absolute atomic E-state index is 9.31. The number of rotatable bonds is 6. The van der Waals surface area contributed by atoms with Crippen LogP contribution in [0.25, 0.3) is 0 Å². The molecule has 1 N–H and O–H groups in total. The summed E-state index contributed by atoms with van der Waals surface area (Å²) in [5.41, 5.74) is -0.386. The molecule has 2 fully saturated rings. The summed E-state index contributed by atoms with van der Waals surface area (Å²) in [6.45, 7) is 12.1. The molecule has 0 aliphatic heterocycles. The normalized spacial score (nSPS) is 22.8. The highest BCUT2D eigenvalue weighted by molar-refractivity contribution is 6.74. The van der Waals surface area contributed by atoms with Crippen LogP contribution in [0.3, 0.4) is 0 Å². The van der Waals surface area contributed by atoms with Crippen molar-refractivity contribution >= 4 is 8.32 Å². The van der Waals surface area contributed by atoms with Crippen molar-refractivity contribution in [1.29, 1.82) is 0 Å². The average molecular weight is 409 g/mol. The highest BCUT2D eigenvalue weighted by Gasteiger charge is 2.41. The van der Waals surface area contributed by atoms with E-state index in [1.165, 1.54) is 44.9 Å². The zero-order valence-corrected chi connectivity index (χ0v) is 20.1. The second kappa shape index (κ2) is 10.6. The van der Waals surface area contributed by atoms with E-state index in [4.69, 9.17) is 9.16 Å². The smallest absolute Gasteiger partial charge is 0.193 e. The number of hydrogen-bond acceptors (Lipinski definition) is 3. The molecule has 0 radical (unpaired) electrons. The molecule has 0 heterocycles. The Morgan fingerprint density at radius 3 is 2.11 bits per heavy atom. The Kier molecular flexibility index (Phi) is 9.07. The number of hydrogen-bond donors (Lipinski definition) is 1. The van der Waals surface area contributed by atoms with E-state index < -0.39 is 8.32 Å². The van der Waals surface area contributed by atoms with E-state index in [-0.39, 0.29) is 23.4 Å². The van der Waals surface area contributed by atoms with Gasteiger partial charge in [-0.25, -0.2) is 0 Å². The fraction of sp³-hybridized carbons (Fsp3) is 0.917. The summed E-state index contributed by atoms with van der Waals surface area (Å²) in [6.07, 6.45) is 13.3. The van der Waals surface area contributed by atoms with Gasteiger partial charge in [-0.2, -0.15) is 0 Å². The van der Waals surface area contributed by atoms with Crippen LogP contribution in [0.15, 0.2) is 0 Å². The molecule has 0 bridgehead atoms. The Labute approximate surface area is 175 Å². The molecule has 162 valence electrons. The SMILES string of the molecule is CC(C)(C)[Si](C)(C)OC(C#CC1(OCCO)CCCCCC1)C1CCCCC1. The van der Waals surface area contributed by atoms with E-state index in [0.717, 1.165) is 25.7 Å².